The number of aliphatic imine (C=N–C) groups is 2. The van der Waals surface area contributed by atoms with Crippen LogP contribution in [0.1, 0.15) is 128 Å². The van der Waals surface area contributed by atoms with Crippen molar-refractivity contribution in [3.63, 3.8) is 0 Å². The average molecular weight is 764 g/mol. The first-order valence-corrected chi connectivity index (χ1v) is 15.8. The SMILES string of the molecule is CC(=Nc1c(C(C)C)cccc1C(C)C)C(C)=Nc1c(C(C)C)cccc1C(C)C.[CH2-]CCC(=O)Oc1c(F)c(F)c(F)c(F)c1F.[Pd]. The zero-order valence-corrected chi connectivity index (χ0v) is 30.9. The van der Waals surface area contributed by atoms with Gasteiger partial charge < -0.3 is 11.7 Å². The fraction of sp³-hybridized carbons (Fsp3) is 0.421. The van der Waals surface area contributed by atoms with Crippen LogP contribution in [0.4, 0.5) is 33.3 Å². The van der Waals surface area contributed by atoms with E-state index < -0.39 is 40.8 Å². The standard InChI is InChI=1S/C28H40N2.C10H6F5O2.Pd/c1-17(2)23-13-11-14-24(18(3)4)27(23)29-21(9)22(10)30-28-25(19(5)6)15-12-16-26(28)20(7)8;1-2-3-4(16)17-10-8(14)6(12)5(11)7(13)9(10)15;/h11-20H,1-10H3;1-3H2;/q;-1;. The van der Waals surface area contributed by atoms with E-state index in [2.05, 4.69) is 117 Å². The van der Waals surface area contributed by atoms with E-state index >= 15 is 0 Å². The molecule has 0 unspecified atom stereocenters. The fourth-order valence-corrected chi connectivity index (χ4v) is 4.76. The van der Waals surface area contributed by atoms with Gasteiger partial charge in [0, 0.05) is 26.8 Å². The van der Waals surface area contributed by atoms with Crippen LogP contribution in [-0.2, 0) is 25.2 Å². The van der Waals surface area contributed by atoms with Gasteiger partial charge in [-0.2, -0.15) is 15.2 Å². The fourth-order valence-electron chi connectivity index (χ4n) is 4.76. The number of nitrogens with zero attached hydrogens (tertiary/aromatic N) is 2. The summed E-state index contributed by atoms with van der Waals surface area (Å²) < 4.78 is 68.0. The monoisotopic (exact) mass is 763 g/mol. The summed E-state index contributed by atoms with van der Waals surface area (Å²) in [5, 5.41) is 0. The zero-order chi connectivity index (χ0) is 35.7. The van der Waals surface area contributed by atoms with E-state index in [0.29, 0.717) is 23.7 Å². The molecule has 0 bridgehead atoms. The molecule has 3 rings (SSSR count). The molecule has 10 heteroatoms. The molecule has 0 amide bonds. The van der Waals surface area contributed by atoms with Crippen molar-refractivity contribution < 1.29 is 51.9 Å². The predicted octanol–water partition coefficient (Wildman–Crippen LogP) is 12.0. The van der Waals surface area contributed by atoms with E-state index in [1.165, 1.54) is 22.3 Å². The summed E-state index contributed by atoms with van der Waals surface area (Å²) in [6, 6.07) is 13.2. The number of hydrogen-bond donors (Lipinski definition) is 0. The van der Waals surface area contributed by atoms with E-state index in [1.807, 2.05) is 0 Å². The molecule has 0 fully saturated rings. The van der Waals surface area contributed by atoms with Gasteiger partial charge in [0.05, 0.1) is 22.8 Å². The van der Waals surface area contributed by atoms with Gasteiger partial charge in [-0.3, -0.25) is 14.8 Å². The molecular weight excluding hydrogens is 718 g/mol. The van der Waals surface area contributed by atoms with Gasteiger partial charge in [-0.05, 0) is 59.8 Å². The summed E-state index contributed by atoms with van der Waals surface area (Å²) in [6.45, 7) is 25.4. The molecule has 0 saturated heterocycles. The summed E-state index contributed by atoms with van der Waals surface area (Å²) >= 11 is 0. The molecule has 0 spiro atoms. The van der Waals surface area contributed by atoms with Crippen LogP contribution in [0.2, 0.25) is 0 Å². The van der Waals surface area contributed by atoms with Gasteiger partial charge >= 0.3 is 5.97 Å². The molecule has 0 radical (unpaired) electrons. The summed E-state index contributed by atoms with van der Waals surface area (Å²) in [5.74, 6) is -12.0. The number of rotatable bonds is 10. The molecule has 266 valence electrons. The number of carbonyl (C=O) groups is 1. The van der Waals surface area contributed by atoms with Crippen LogP contribution in [-0.4, -0.2) is 17.4 Å². The van der Waals surface area contributed by atoms with Gasteiger partial charge in [-0.15, -0.1) is 0 Å². The van der Waals surface area contributed by atoms with Gasteiger partial charge in [0.2, 0.25) is 34.8 Å². The van der Waals surface area contributed by atoms with Crippen molar-refractivity contribution in [2.75, 3.05) is 0 Å². The molecule has 3 aromatic carbocycles. The minimum atomic E-state index is -2.31. The summed E-state index contributed by atoms with van der Waals surface area (Å²) in [6.07, 6.45) is -0.242. The van der Waals surface area contributed by atoms with E-state index in [4.69, 9.17) is 9.98 Å². The Morgan fingerprint density at radius 1 is 0.625 bits per heavy atom. The molecule has 0 N–H and O–H groups in total. The summed E-state index contributed by atoms with van der Waals surface area (Å²) in [5.41, 5.74) is 9.43. The molecule has 0 aliphatic carbocycles. The molecule has 0 aromatic heterocycles. The molecule has 3 aromatic rings. The maximum atomic E-state index is 13.0. The molecule has 0 saturated carbocycles. The number of ether oxygens (including phenoxy) is 1. The molecule has 0 aliphatic rings. The van der Waals surface area contributed by atoms with Gasteiger partial charge in [-0.1, -0.05) is 91.8 Å². The maximum absolute atomic E-state index is 13.0. The number of halogens is 5. The minimum absolute atomic E-state index is 0. The topological polar surface area (TPSA) is 51.0 Å². The Balaban J connectivity index is 0.000000545. The van der Waals surface area contributed by atoms with E-state index in [0.717, 1.165) is 22.8 Å². The molecule has 4 nitrogen and oxygen atoms in total. The minimum Gasteiger partial charge on any atom is -0.420 e. The Hall–Kier alpha value is -3.22. The quantitative estimate of drug-likeness (QED) is 0.0302. The van der Waals surface area contributed by atoms with Crippen LogP contribution >= 0.6 is 0 Å². The Bertz CT molecular complexity index is 1470. The smallest absolute Gasteiger partial charge is 0.308 e. The zero-order valence-electron chi connectivity index (χ0n) is 29.3. The summed E-state index contributed by atoms with van der Waals surface area (Å²) in [7, 11) is 0. The Morgan fingerprint density at radius 3 is 1.19 bits per heavy atom. The van der Waals surface area contributed by atoms with E-state index in [1.54, 1.807) is 0 Å². The van der Waals surface area contributed by atoms with Crippen molar-refractivity contribution in [1.29, 1.82) is 0 Å². The van der Waals surface area contributed by atoms with Gasteiger partial charge in [0.15, 0.2) is 0 Å². The first-order valence-electron chi connectivity index (χ1n) is 15.8. The Morgan fingerprint density at radius 2 is 0.917 bits per heavy atom. The number of benzene rings is 3. The van der Waals surface area contributed by atoms with Crippen molar-refractivity contribution >= 4 is 28.8 Å². The normalized spacial score (nSPS) is 12.0. The van der Waals surface area contributed by atoms with Crippen molar-refractivity contribution in [3.8, 4) is 5.75 Å². The van der Waals surface area contributed by atoms with Crippen molar-refractivity contribution in [3.05, 3.63) is 94.7 Å². The third kappa shape index (κ3) is 10.6. The van der Waals surface area contributed by atoms with Gasteiger partial charge in [0.1, 0.15) is 0 Å². The first kappa shape index (κ1) is 42.8. The first-order chi connectivity index (χ1) is 21.9. The second-order valence-electron chi connectivity index (χ2n) is 12.6. The third-order valence-corrected chi connectivity index (χ3v) is 7.53. The van der Waals surface area contributed by atoms with Crippen LogP contribution in [0.15, 0.2) is 46.4 Å². The van der Waals surface area contributed by atoms with E-state index in [9.17, 15) is 26.7 Å². The van der Waals surface area contributed by atoms with Crippen LogP contribution in [0.3, 0.4) is 0 Å². The molecule has 0 heterocycles. The second-order valence-corrected chi connectivity index (χ2v) is 12.6. The van der Waals surface area contributed by atoms with Gasteiger partial charge in [-0.25, -0.2) is 13.2 Å². The molecule has 0 aliphatic heterocycles. The largest absolute Gasteiger partial charge is 0.420 e. The predicted molar refractivity (Wildman–Crippen MR) is 181 cm³/mol. The number of esters is 1. The van der Waals surface area contributed by atoms with Crippen LogP contribution < -0.4 is 4.74 Å². The molecule has 0 atom stereocenters. The number of hydrogen-bond acceptors (Lipinski definition) is 4. The third-order valence-electron chi connectivity index (χ3n) is 7.53. The van der Waals surface area contributed by atoms with Crippen LogP contribution in [0.5, 0.6) is 5.75 Å². The van der Waals surface area contributed by atoms with Crippen molar-refractivity contribution in [1.82, 2.24) is 0 Å². The average Bonchev–Trinajstić information content (AvgIpc) is 3.01. The maximum Gasteiger partial charge on any atom is 0.308 e. The van der Waals surface area contributed by atoms with Gasteiger partial charge in [0.25, 0.3) is 0 Å². The number of carbonyl (C=O) groups excluding carboxylic acids is 1. The van der Waals surface area contributed by atoms with Crippen LogP contribution in [0, 0.1) is 36.0 Å². The Labute approximate surface area is 296 Å². The Kier molecular flexibility index (Phi) is 17.0. The van der Waals surface area contributed by atoms with Crippen molar-refractivity contribution in [2.45, 2.75) is 106 Å². The van der Waals surface area contributed by atoms with Crippen molar-refractivity contribution in [2.24, 2.45) is 9.98 Å². The molecule has 48 heavy (non-hydrogen) atoms. The van der Waals surface area contributed by atoms with Crippen LogP contribution in [0.25, 0.3) is 0 Å². The summed E-state index contributed by atoms with van der Waals surface area (Å²) in [4.78, 5) is 21.2. The van der Waals surface area contributed by atoms with E-state index in [-0.39, 0.29) is 33.3 Å². The second kappa shape index (κ2) is 19.1. The number of para-hydroxylation sites is 2. The molecular formula is C38H46F5N2O2Pd-.